The maximum absolute atomic E-state index is 12.1. The second-order valence-electron chi connectivity index (χ2n) is 6.36. The number of nitrogens with zero attached hydrogens (tertiary/aromatic N) is 1. The first-order valence-corrected chi connectivity index (χ1v) is 9.27. The molecule has 0 radical (unpaired) electrons. The van der Waals surface area contributed by atoms with Crippen LogP contribution >= 0.6 is 11.6 Å². The van der Waals surface area contributed by atoms with E-state index in [1.54, 1.807) is 48.5 Å². The number of hydrogen-bond acceptors (Lipinski definition) is 7. The summed E-state index contributed by atoms with van der Waals surface area (Å²) in [6.07, 6.45) is 1.52. The minimum Gasteiger partial charge on any atom is -0.482 e. The van der Waals surface area contributed by atoms with Gasteiger partial charge in [-0.2, -0.15) is 5.26 Å². The smallest absolute Gasteiger partial charge is 0.349 e. The first-order chi connectivity index (χ1) is 14.5. The SMILES string of the molecule is N#CC1=C(N)Oc2cc(OC(=O)COc3cccc(Cl)c3)ccc2C1c1ccco1. The summed E-state index contributed by atoms with van der Waals surface area (Å²) in [5, 5.41) is 10.0. The molecule has 3 aromatic rings. The summed E-state index contributed by atoms with van der Waals surface area (Å²) in [6.45, 7) is -0.298. The van der Waals surface area contributed by atoms with E-state index >= 15 is 0 Å². The van der Waals surface area contributed by atoms with Crippen molar-refractivity contribution >= 4 is 17.6 Å². The molecule has 8 heteroatoms. The van der Waals surface area contributed by atoms with Gasteiger partial charge >= 0.3 is 5.97 Å². The number of esters is 1. The van der Waals surface area contributed by atoms with E-state index in [9.17, 15) is 10.1 Å². The number of ether oxygens (including phenoxy) is 3. The Morgan fingerprint density at radius 1 is 1.17 bits per heavy atom. The second kappa shape index (κ2) is 8.23. The maximum Gasteiger partial charge on any atom is 0.349 e. The Morgan fingerprint density at radius 2 is 2.03 bits per heavy atom. The Hall–Kier alpha value is -3.89. The maximum atomic E-state index is 12.1. The van der Waals surface area contributed by atoms with E-state index in [4.69, 9.17) is 36.0 Å². The number of carbonyl (C=O) groups is 1. The lowest BCUT2D eigenvalue weighted by molar-refractivity contribution is -0.136. The van der Waals surface area contributed by atoms with Crippen LogP contribution in [0.25, 0.3) is 0 Å². The molecule has 2 heterocycles. The summed E-state index contributed by atoms with van der Waals surface area (Å²) in [5.74, 6) is 0.488. The molecule has 2 N–H and O–H groups in total. The molecule has 0 fully saturated rings. The molecule has 0 amide bonds. The van der Waals surface area contributed by atoms with Gasteiger partial charge in [0.2, 0.25) is 5.88 Å². The van der Waals surface area contributed by atoms with Crippen molar-refractivity contribution in [1.82, 2.24) is 0 Å². The van der Waals surface area contributed by atoms with Gasteiger partial charge in [0.15, 0.2) is 6.61 Å². The lowest BCUT2D eigenvalue weighted by Crippen LogP contribution is -2.21. The second-order valence-corrected chi connectivity index (χ2v) is 6.80. The van der Waals surface area contributed by atoms with Crippen LogP contribution in [0.1, 0.15) is 17.2 Å². The predicted molar refractivity (Wildman–Crippen MR) is 107 cm³/mol. The number of nitrogens with two attached hydrogens (primary N) is 1. The van der Waals surface area contributed by atoms with Crippen molar-refractivity contribution in [3.63, 3.8) is 0 Å². The van der Waals surface area contributed by atoms with Crippen molar-refractivity contribution in [2.24, 2.45) is 5.73 Å². The van der Waals surface area contributed by atoms with Crippen molar-refractivity contribution in [3.8, 4) is 23.3 Å². The van der Waals surface area contributed by atoms with E-state index in [1.807, 2.05) is 0 Å². The van der Waals surface area contributed by atoms with E-state index in [-0.39, 0.29) is 23.8 Å². The third kappa shape index (κ3) is 3.95. The molecule has 7 nitrogen and oxygen atoms in total. The predicted octanol–water partition coefficient (Wildman–Crippen LogP) is 4.14. The van der Waals surface area contributed by atoms with E-state index in [1.165, 1.54) is 12.3 Å². The van der Waals surface area contributed by atoms with Crippen LogP contribution in [0, 0.1) is 11.3 Å². The van der Waals surface area contributed by atoms with Gasteiger partial charge in [-0.05, 0) is 36.4 Å². The van der Waals surface area contributed by atoms with Crippen molar-refractivity contribution < 1.29 is 23.4 Å². The largest absolute Gasteiger partial charge is 0.482 e. The number of hydrogen-bond donors (Lipinski definition) is 1. The fourth-order valence-electron chi connectivity index (χ4n) is 3.11. The van der Waals surface area contributed by atoms with Crippen molar-refractivity contribution in [2.45, 2.75) is 5.92 Å². The lowest BCUT2D eigenvalue weighted by atomic mass is 9.87. The quantitative estimate of drug-likeness (QED) is 0.486. The Kier molecular flexibility index (Phi) is 5.33. The zero-order valence-electron chi connectivity index (χ0n) is 15.5. The summed E-state index contributed by atoms with van der Waals surface area (Å²) in [4.78, 5) is 12.1. The minimum absolute atomic E-state index is 0.0285. The summed E-state index contributed by atoms with van der Waals surface area (Å²) in [5.41, 5.74) is 6.85. The Bertz CT molecular complexity index is 1160. The number of furan rings is 1. The molecule has 2 aromatic carbocycles. The number of rotatable bonds is 5. The highest BCUT2D eigenvalue weighted by Crippen LogP contribution is 2.43. The van der Waals surface area contributed by atoms with E-state index in [0.29, 0.717) is 27.8 Å². The normalized spacial score (nSPS) is 15.0. The zero-order chi connectivity index (χ0) is 21.1. The summed E-state index contributed by atoms with van der Waals surface area (Å²) >= 11 is 5.89. The number of carbonyl (C=O) groups excluding carboxylic acids is 1. The third-order valence-electron chi connectivity index (χ3n) is 4.40. The zero-order valence-corrected chi connectivity index (χ0v) is 16.3. The van der Waals surface area contributed by atoms with Crippen LogP contribution in [0.5, 0.6) is 17.2 Å². The van der Waals surface area contributed by atoms with E-state index < -0.39 is 11.9 Å². The molecule has 1 unspecified atom stereocenters. The topological polar surface area (TPSA) is 108 Å². The van der Waals surface area contributed by atoms with Gasteiger partial charge in [0.1, 0.15) is 34.7 Å². The van der Waals surface area contributed by atoms with E-state index in [2.05, 4.69) is 6.07 Å². The molecule has 0 saturated heterocycles. The molecule has 1 aromatic heterocycles. The van der Waals surface area contributed by atoms with Crippen LogP contribution in [0.3, 0.4) is 0 Å². The number of benzene rings is 2. The highest BCUT2D eigenvalue weighted by Gasteiger charge is 2.32. The van der Waals surface area contributed by atoms with Gasteiger partial charge < -0.3 is 24.4 Å². The van der Waals surface area contributed by atoms with Crippen molar-refractivity contribution in [2.75, 3.05) is 6.61 Å². The number of nitriles is 1. The van der Waals surface area contributed by atoms with Crippen LogP contribution in [-0.4, -0.2) is 12.6 Å². The van der Waals surface area contributed by atoms with Crippen molar-refractivity contribution in [3.05, 3.63) is 88.7 Å². The number of halogens is 1. The number of fused-ring (bicyclic) bond motifs is 1. The standard InChI is InChI=1S/C22H15ClN2O5/c23-13-3-1-4-14(9-13)28-12-20(26)29-15-6-7-16-19(10-15)30-22(25)17(11-24)21(16)18-5-2-8-27-18/h1-10,21H,12,25H2. The molecule has 1 aliphatic rings. The average Bonchev–Trinajstić information content (AvgIpc) is 3.25. The molecule has 0 saturated carbocycles. The first kappa shape index (κ1) is 19.4. The Balaban J connectivity index is 1.51. The number of allylic oxidation sites excluding steroid dienone is 1. The minimum atomic E-state index is -0.602. The highest BCUT2D eigenvalue weighted by atomic mass is 35.5. The Labute approximate surface area is 176 Å². The van der Waals surface area contributed by atoms with Gasteiger partial charge in [-0.1, -0.05) is 23.7 Å². The lowest BCUT2D eigenvalue weighted by Gasteiger charge is -2.25. The van der Waals surface area contributed by atoms with Crippen molar-refractivity contribution in [1.29, 1.82) is 5.26 Å². The van der Waals surface area contributed by atoms with Crippen LogP contribution in [-0.2, 0) is 4.79 Å². The van der Waals surface area contributed by atoms with E-state index in [0.717, 1.165) is 0 Å². The molecule has 150 valence electrons. The highest BCUT2D eigenvalue weighted by molar-refractivity contribution is 6.30. The van der Waals surface area contributed by atoms with Gasteiger partial charge in [-0.15, -0.1) is 0 Å². The summed E-state index contributed by atoms with van der Waals surface area (Å²) < 4.78 is 21.8. The van der Waals surface area contributed by atoms with Gasteiger partial charge in [0, 0.05) is 16.7 Å². The fraction of sp³-hybridized carbons (Fsp3) is 0.0909. The van der Waals surface area contributed by atoms with Crippen LogP contribution < -0.4 is 19.9 Å². The summed E-state index contributed by atoms with van der Waals surface area (Å²) in [7, 11) is 0. The molecule has 0 bridgehead atoms. The van der Waals surface area contributed by atoms with Crippen LogP contribution in [0.15, 0.2) is 76.7 Å². The molecule has 30 heavy (non-hydrogen) atoms. The molecule has 0 spiro atoms. The van der Waals surface area contributed by atoms with Gasteiger partial charge in [-0.3, -0.25) is 0 Å². The van der Waals surface area contributed by atoms with Crippen LogP contribution in [0.4, 0.5) is 0 Å². The molecule has 4 rings (SSSR count). The van der Waals surface area contributed by atoms with Gasteiger partial charge in [0.05, 0.1) is 12.2 Å². The molecular weight excluding hydrogens is 408 g/mol. The van der Waals surface area contributed by atoms with Gasteiger partial charge in [0.25, 0.3) is 0 Å². The fourth-order valence-corrected chi connectivity index (χ4v) is 3.29. The van der Waals surface area contributed by atoms with Gasteiger partial charge in [-0.25, -0.2) is 4.79 Å². The summed E-state index contributed by atoms with van der Waals surface area (Å²) in [6, 6.07) is 17.1. The van der Waals surface area contributed by atoms with Crippen LogP contribution in [0.2, 0.25) is 5.02 Å². The average molecular weight is 423 g/mol. The third-order valence-corrected chi connectivity index (χ3v) is 4.64. The monoisotopic (exact) mass is 422 g/mol. The Morgan fingerprint density at radius 3 is 2.77 bits per heavy atom. The molecular formula is C22H15ClN2O5. The molecule has 1 aliphatic heterocycles. The molecule has 0 aliphatic carbocycles. The molecule has 1 atom stereocenters. The first-order valence-electron chi connectivity index (χ1n) is 8.89.